The Bertz CT molecular complexity index is 279. The summed E-state index contributed by atoms with van der Waals surface area (Å²) in [6.45, 7) is 6.71. The Balaban J connectivity index is 3.57. The maximum Gasteiger partial charge on any atom is 0.303 e. The van der Waals surface area contributed by atoms with E-state index in [9.17, 15) is 9.59 Å². The van der Waals surface area contributed by atoms with Gasteiger partial charge < -0.3 is 20.9 Å². The van der Waals surface area contributed by atoms with Crippen molar-refractivity contribution in [1.29, 1.82) is 0 Å². The first-order valence-electron chi connectivity index (χ1n) is 5.40. The first kappa shape index (κ1) is 15.6. The van der Waals surface area contributed by atoms with Gasteiger partial charge >= 0.3 is 5.97 Å². The average Bonchev–Trinajstić information content (AvgIpc) is 2.24. The van der Waals surface area contributed by atoms with E-state index in [0.29, 0.717) is 19.8 Å². The number of hydrogen-bond donors (Lipinski definition) is 3. The lowest BCUT2D eigenvalue weighted by Crippen LogP contribution is -2.42. The van der Waals surface area contributed by atoms with Gasteiger partial charge in [-0.15, -0.1) is 0 Å². The van der Waals surface area contributed by atoms with E-state index < -0.39 is 12.0 Å². The molecule has 1 amide bonds. The normalized spacial score (nSPS) is 11.9. The largest absolute Gasteiger partial charge is 0.481 e. The van der Waals surface area contributed by atoms with Gasteiger partial charge in [-0.3, -0.25) is 9.59 Å². The van der Waals surface area contributed by atoms with Crippen LogP contribution in [0.1, 0.15) is 19.8 Å². The molecule has 6 nitrogen and oxygen atoms in total. The fraction of sp³-hybridized carbons (Fsp3) is 0.636. The Morgan fingerprint density at radius 1 is 1.53 bits per heavy atom. The lowest BCUT2D eigenvalue weighted by molar-refractivity contribution is -0.137. The maximum absolute atomic E-state index is 11.4. The molecule has 0 saturated carbocycles. The number of hydrogen-bond acceptors (Lipinski definition) is 4. The monoisotopic (exact) mass is 244 g/mol. The molecule has 0 aliphatic carbocycles. The van der Waals surface area contributed by atoms with Crippen molar-refractivity contribution in [3.8, 4) is 0 Å². The number of carbonyl (C=O) groups is 2. The van der Waals surface area contributed by atoms with E-state index in [0.717, 1.165) is 5.57 Å². The summed E-state index contributed by atoms with van der Waals surface area (Å²) in [7, 11) is 0. The molecule has 0 heterocycles. The molecule has 1 atom stereocenters. The smallest absolute Gasteiger partial charge is 0.303 e. The van der Waals surface area contributed by atoms with Crippen LogP contribution in [-0.4, -0.2) is 42.8 Å². The SMILES string of the molecule is C=C(C)COCCNC(=O)C(N)CCC(=O)O. The summed E-state index contributed by atoms with van der Waals surface area (Å²) in [6, 6.07) is -0.785. The number of amides is 1. The van der Waals surface area contributed by atoms with E-state index in [4.69, 9.17) is 15.6 Å². The van der Waals surface area contributed by atoms with Gasteiger partial charge in [-0.05, 0) is 13.3 Å². The van der Waals surface area contributed by atoms with E-state index in [2.05, 4.69) is 11.9 Å². The Morgan fingerprint density at radius 2 is 2.18 bits per heavy atom. The molecule has 0 aliphatic heterocycles. The van der Waals surface area contributed by atoms with Crippen molar-refractivity contribution >= 4 is 11.9 Å². The third-order valence-corrected chi connectivity index (χ3v) is 1.90. The maximum atomic E-state index is 11.4. The van der Waals surface area contributed by atoms with Crippen LogP contribution in [0.15, 0.2) is 12.2 Å². The molecule has 0 fully saturated rings. The molecule has 0 aliphatic rings. The lowest BCUT2D eigenvalue weighted by atomic mass is 10.1. The molecule has 0 spiro atoms. The minimum absolute atomic E-state index is 0.110. The second kappa shape index (κ2) is 8.72. The molecule has 6 heteroatoms. The van der Waals surface area contributed by atoms with Crippen molar-refractivity contribution in [2.75, 3.05) is 19.8 Å². The van der Waals surface area contributed by atoms with Crippen LogP contribution in [0.2, 0.25) is 0 Å². The minimum atomic E-state index is -0.960. The summed E-state index contributed by atoms with van der Waals surface area (Å²) in [4.78, 5) is 21.6. The average molecular weight is 244 g/mol. The number of rotatable bonds is 9. The summed E-state index contributed by atoms with van der Waals surface area (Å²) in [5, 5.41) is 11.0. The van der Waals surface area contributed by atoms with Crippen LogP contribution in [0.5, 0.6) is 0 Å². The van der Waals surface area contributed by atoms with Gasteiger partial charge in [0.1, 0.15) is 0 Å². The van der Waals surface area contributed by atoms with Crippen LogP contribution in [0.3, 0.4) is 0 Å². The zero-order valence-electron chi connectivity index (χ0n) is 10.1. The predicted octanol–water partition coefficient (Wildman–Crippen LogP) is -0.113. The number of aliphatic carboxylic acids is 1. The van der Waals surface area contributed by atoms with Crippen molar-refractivity contribution in [3.05, 3.63) is 12.2 Å². The van der Waals surface area contributed by atoms with Gasteiger partial charge in [0.2, 0.25) is 5.91 Å². The van der Waals surface area contributed by atoms with E-state index in [-0.39, 0.29) is 18.7 Å². The van der Waals surface area contributed by atoms with Gasteiger partial charge in [-0.25, -0.2) is 0 Å². The number of ether oxygens (including phenoxy) is 1. The van der Waals surface area contributed by atoms with Crippen LogP contribution in [0, 0.1) is 0 Å². The van der Waals surface area contributed by atoms with Crippen LogP contribution in [-0.2, 0) is 14.3 Å². The zero-order chi connectivity index (χ0) is 13.3. The quantitative estimate of drug-likeness (QED) is 0.388. The van der Waals surface area contributed by atoms with E-state index in [1.807, 2.05) is 6.92 Å². The molecule has 0 rings (SSSR count). The Morgan fingerprint density at radius 3 is 2.71 bits per heavy atom. The second-order valence-electron chi connectivity index (χ2n) is 3.84. The van der Waals surface area contributed by atoms with Gasteiger partial charge in [0, 0.05) is 13.0 Å². The zero-order valence-corrected chi connectivity index (χ0v) is 10.1. The summed E-state index contributed by atoms with van der Waals surface area (Å²) in [5.74, 6) is -1.32. The number of nitrogens with two attached hydrogens (primary N) is 1. The van der Waals surface area contributed by atoms with Crippen LogP contribution in [0.4, 0.5) is 0 Å². The molecule has 0 radical (unpaired) electrons. The standard InChI is InChI=1S/C11H20N2O4/c1-8(2)7-17-6-5-13-11(16)9(12)3-4-10(14)15/h9H,1,3-7,12H2,2H3,(H,13,16)(H,14,15). The van der Waals surface area contributed by atoms with Gasteiger partial charge in [-0.1, -0.05) is 12.2 Å². The lowest BCUT2D eigenvalue weighted by Gasteiger charge is -2.11. The highest BCUT2D eigenvalue weighted by Gasteiger charge is 2.13. The second-order valence-corrected chi connectivity index (χ2v) is 3.84. The summed E-state index contributed by atoms with van der Waals surface area (Å²) in [5.41, 5.74) is 6.41. The summed E-state index contributed by atoms with van der Waals surface area (Å²) >= 11 is 0. The number of carbonyl (C=O) groups excluding carboxylic acids is 1. The Labute approximate surface area is 101 Å². The molecule has 98 valence electrons. The molecule has 0 aromatic rings. The molecule has 17 heavy (non-hydrogen) atoms. The van der Waals surface area contributed by atoms with Crippen molar-refractivity contribution in [3.63, 3.8) is 0 Å². The van der Waals surface area contributed by atoms with Crippen LogP contribution in [0.25, 0.3) is 0 Å². The number of carboxylic acid groups (broad SMARTS) is 1. The van der Waals surface area contributed by atoms with Gasteiger partial charge in [0.05, 0.1) is 19.3 Å². The predicted molar refractivity (Wildman–Crippen MR) is 63.5 cm³/mol. The van der Waals surface area contributed by atoms with Gasteiger partial charge in [0.25, 0.3) is 0 Å². The van der Waals surface area contributed by atoms with Crippen LogP contribution >= 0.6 is 0 Å². The van der Waals surface area contributed by atoms with Crippen molar-refractivity contribution < 1.29 is 19.4 Å². The molecule has 0 aromatic carbocycles. The van der Waals surface area contributed by atoms with E-state index in [1.54, 1.807) is 0 Å². The minimum Gasteiger partial charge on any atom is -0.481 e. The molecule has 0 bridgehead atoms. The third kappa shape index (κ3) is 9.52. The molecule has 1 unspecified atom stereocenters. The molecular formula is C11H20N2O4. The van der Waals surface area contributed by atoms with Gasteiger partial charge in [-0.2, -0.15) is 0 Å². The molecule has 4 N–H and O–H groups in total. The topological polar surface area (TPSA) is 102 Å². The Kier molecular flexibility index (Phi) is 8.00. The summed E-state index contributed by atoms with van der Waals surface area (Å²) < 4.78 is 5.17. The van der Waals surface area contributed by atoms with Crippen molar-refractivity contribution in [2.45, 2.75) is 25.8 Å². The highest BCUT2D eigenvalue weighted by atomic mass is 16.5. The molecule has 0 aromatic heterocycles. The van der Waals surface area contributed by atoms with Crippen molar-refractivity contribution in [1.82, 2.24) is 5.32 Å². The number of carboxylic acids is 1. The third-order valence-electron chi connectivity index (χ3n) is 1.90. The Hall–Kier alpha value is -1.40. The number of nitrogens with one attached hydrogen (secondary N) is 1. The molecule has 0 saturated heterocycles. The van der Waals surface area contributed by atoms with Gasteiger partial charge in [0.15, 0.2) is 0 Å². The highest BCUT2D eigenvalue weighted by Crippen LogP contribution is 1.94. The van der Waals surface area contributed by atoms with Crippen molar-refractivity contribution in [2.24, 2.45) is 5.73 Å². The fourth-order valence-corrected chi connectivity index (χ4v) is 1.03. The van der Waals surface area contributed by atoms with E-state index >= 15 is 0 Å². The molecular weight excluding hydrogens is 224 g/mol. The highest BCUT2D eigenvalue weighted by molar-refractivity contribution is 5.82. The summed E-state index contributed by atoms with van der Waals surface area (Å²) in [6.07, 6.45) is 0.0224. The first-order valence-corrected chi connectivity index (χ1v) is 5.40. The van der Waals surface area contributed by atoms with Crippen LogP contribution < -0.4 is 11.1 Å². The van der Waals surface area contributed by atoms with E-state index in [1.165, 1.54) is 0 Å². The first-order chi connectivity index (χ1) is 7.93. The fourth-order valence-electron chi connectivity index (χ4n) is 1.03.